The first-order valence-electron chi connectivity index (χ1n) is 11.5. The lowest BCUT2D eigenvalue weighted by Crippen LogP contribution is -2.31. The van der Waals surface area contributed by atoms with Crippen LogP contribution in [0, 0.1) is 0 Å². The van der Waals surface area contributed by atoms with Gasteiger partial charge in [0.15, 0.2) is 11.5 Å². The molecule has 0 radical (unpaired) electrons. The van der Waals surface area contributed by atoms with E-state index in [1.807, 2.05) is 0 Å². The highest BCUT2D eigenvalue weighted by Crippen LogP contribution is 2.40. The SMILES string of the molecule is CCOC(=O)c1ccc(CN2C(=O)C(O)=C(C(=O)c3cc4cc(Cl)ccc4o3)C2c2ccccn2)cc1. The molecular weight excluding hydrogens is 496 g/mol. The number of carbonyl (C=O) groups excluding carboxylic acids is 3. The van der Waals surface area contributed by atoms with Crippen LogP contribution in [0.25, 0.3) is 11.0 Å². The average Bonchev–Trinajstić information content (AvgIpc) is 3.43. The molecule has 5 rings (SSSR count). The summed E-state index contributed by atoms with van der Waals surface area (Å²) in [5.41, 5.74) is 1.79. The van der Waals surface area contributed by atoms with Crippen molar-refractivity contribution in [3.63, 3.8) is 0 Å². The Kier molecular flexibility index (Phi) is 6.50. The molecular formula is C28H21ClN2O6. The number of nitrogens with zero attached hydrogens (tertiary/aromatic N) is 2. The third-order valence-corrected chi connectivity index (χ3v) is 6.27. The van der Waals surface area contributed by atoms with Crippen molar-refractivity contribution in [1.82, 2.24) is 9.88 Å². The van der Waals surface area contributed by atoms with Crippen LogP contribution in [0.15, 0.2) is 88.7 Å². The summed E-state index contributed by atoms with van der Waals surface area (Å²) in [4.78, 5) is 44.6. The van der Waals surface area contributed by atoms with Gasteiger partial charge in [0.1, 0.15) is 11.6 Å². The number of rotatable bonds is 7. The van der Waals surface area contributed by atoms with Gasteiger partial charge in [-0.05, 0) is 61.0 Å². The number of amides is 1. The monoisotopic (exact) mass is 516 g/mol. The number of halogens is 1. The molecule has 2 aromatic carbocycles. The molecule has 0 spiro atoms. The predicted molar refractivity (Wildman–Crippen MR) is 135 cm³/mol. The number of esters is 1. The Balaban J connectivity index is 1.51. The van der Waals surface area contributed by atoms with Gasteiger partial charge in [0.2, 0.25) is 5.78 Å². The van der Waals surface area contributed by atoms with Gasteiger partial charge in [0, 0.05) is 23.2 Å². The number of benzene rings is 2. The van der Waals surface area contributed by atoms with E-state index in [2.05, 4.69) is 4.98 Å². The number of pyridine rings is 1. The highest BCUT2D eigenvalue weighted by atomic mass is 35.5. The van der Waals surface area contributed by atoms with Crippen molar-refractivity contribution < 1.29 is 28.6 Å². The third-order valence-electron chi connectivity index (χ3n) is 6.04. The average molecular weight is 517 g/mol. The summed E-state index contributed by atoms with van der Waals surface area (Å²) in [6.45, 7) is 2.04. The summed E-state index contributed by atoms with van der Waals surface area (Å²) >= 11 is 6.06. The molecule has 1 aliphatic rings. The van der Waals surface area contributed by atoms with E-state index >= 15 is 0 Å². The Morgan fingerprint density at radius 1 is 1.11 bits per heavy atom. The van der Waals surface area contributed by atoms with E-state index in [9.17, 15) is 19.5 Å². The topological polar surface area (TPSA) is 110 Å². The molecule has 1 unspecified atom stereocenters. The number of hydrogen-bond acceptors (Lipinski definition) is 7. The fourth-order valence-corrected chi connectivity index (χ4v) is 4.49. The van der Waals surface area contributed by atoms with Crippen LogP contribution in [-0.2, 0) is 16.1 Å². The standard InChI is InChI=1S/C28H21ClN2O6/c1-2-36-28(35)17-8-6-16(7-9-17)15-31-24(20-5-3-4-12-30-20)23(26(33)27(31)34)25(32)22-14-18-13-19(29)10-11-21(18)37-22/h3-14,24,33H,2,15H2,1H3. The van der Waals surface area contributed by atoms with Crippen molar-refractivity contribution in [2.24, 2.45) is 0 Å². The maximum atomic E-state index is 13.6. The lowest BCUT2D eigenvalue weighted by molar-refractivity contribution is -0.130. The van der Waals surface area contributed by atoms with E-state index in [1.54, 1.807) is 73.8 Å². The van der Waals surface area contributed by atoms with E-state index in [0.717, 1.165) is 0 Å². The molecule has 0 fully saturated rings. The predicted octanol–water partition coefficient (Wildman–Crippen LogP) is 5.44. The van der Waals surface area contributed by atoms with Crippen LogP contribution in [0.3, 0.4) is 0 Å². The molecule has 0 saturated carbocycles. The minimum Gasteiger partial charge on any atom is -0.503 e. The molecule has 3 heterocycles. The first-order chi connectivity index (χ1) is 17.9. The number of Topliss-reactive ketones (excluding diaryl/α,β-unsaturated/α-hetero) is 1. The van der Waals surface area contributed by atoms with Gasteiger partial charge in [-0.2, -0.15) is 0 Å². The Hall–Kier alpha value is -4.43. The fourth-order valence-electron chi connectivity index (χ4n) is 4.31. The van der Waals surface area contributed by atoms with E-state index in [4.69, 9.17) is 20.8 Å². The lowest BCUT2D eigenvalue weighted by atomic mass is 9.98. The Morgan fingerprint density at radius 3 is 2.59 bits per heavy atom. The van der Waals surface area contributed by atoms with Crippen LogP contribution < -0.4 is 0 Å². The summed E-state index contributed by atoms with van der Waals surface area (Å²) in [6, 6.07) is 17.2. The molecule has 37 heavy (non-hydrogen) atoms. The molecule has 2 aromatic heterocycles. The van der Waals surface area contributed by atoms with E-state index in [-0.39, 0.29) is 24.5 Å². The number of aliphatic hydroxyl groups excluding tert-OH is 1. The van der Waals surface area contributed by atoms with Crippen LogP contribution in [0.5, 0.6) is 0 Å². The van der Waals surface area contributed by atoms with Crippen molar-refractivity contribution >= 4 is 40.2 Å². The largest absolute Gasteiger partial charge is 0.503 e. The molecule has 0 bridgehead atoms. The summed E-state index contributed by atoms with van der Waals surface area (Å²) in [5.74, 6) is -2.49. The zero-order valence-corrected chi connectivity index (χ0v) is 20.4. The molecule has 1 N–H and O–H groups in total. The summed E-state index contributed by atoms with van der Waals surface area (Å²) in [5, 5.41) is 12.0. The normalized spacial score (nSPS) is 15.5. The Bertz CT molecular complexity index is 1540. The first kappa shape index (κ1) is 24.3. The highest BCUT2D eigenvalue weighted by molar-refractivity contribution is 6.31. The molecule has 0 saturated heterocycles. The minimum absolute atomic E-state index is 0.0341. The number of fused-ring (bicyclic) bond motifs is 1. The zero-order chi connectivity index (χ0) is 26.1. The number of furan rings is 1. The summed E-state index contributed by atoms with van der Waals surface area (Å²) < 4.78 is 10.7. The number of ketones is 1. The third kappa shape index (κ3) is 4.59. The molecule has 1 aliphatic heterocycles. The number of aliphatic hydroxyl groups is 1. The first-order valence-corrected chi connectivity index (χ1v) is 11.9. The van der Waals surface area contributed by atoms with Crippen LogP contribution in [0.4, 0.5) is 0 Å². The maximum absolute atomic E-state index is 13.6. The van der Waals surface area contributed by atoms with Gasteiger partial charge in [0.25, 0.3) is 5.91 Å². The van der Waals surface area contributed by atoms with Crippen LogP contribution in [-0.4, -0.2) is 39.3 Å². The molecule has 4 aromatic rings. The smallest absolute Gasteiger partial charge is 0.338 e. The molecule has 0 aliphatic carbocycles. The molecule has 1 atom stereocenters. The van der Waals surface area contributed by atoms with Crippen molar-refractivity contribution in [2.45, 2.75) is 19.5 Å². The quantitative estimate of drug-likeness (QED) is 0.257. The molecule has 8 nitrogen and oxygen atoms in total. The highest BCUT2D eigenvalue weighted by Gasteiger charge is 2.45. The van der Waals surface area contributed by atoms with Gasteiger partial charge >= 0.3 is 5.97 Å². The van der Waals surface area contributed by atoms with E-state index in [1.165, 1.54) is 11.0 Å². The second-order valence-electron chi connectivity index (χ2n) is 8.39. The Morgan fingerprint density at radius 2 is 1.89 bits per heavy atom. The number of carbonyl (C=O) groups is 3. The van der Waals surface area contributed by atoms with Gasteiger partial charge in [-0.3, -0.25) is 14.6 Å². The second-order valence-corrected chi connectivity index (χ2v) is 8.83. The van der Waals surface area contributed by atoms with Crippen molar-refractivity contribution in [3.05, 3.63) is 112 Å². The zero-order valence-electron chi connectivity index (χ0n) is 19.7. The van der Waals surface area contributed by atoms with E-state index < -0.39 is 29.5 Å². The number of ether oxygens (including phenoxy) is 1. The van der Waals surface area contributed by atoms with Crippen molar-refractivity contribution in [3.8, 4) is 0 Å². The number of aromatic nitrogens is 1. The van der Waals surface area contributed by atoms with Crippen LogP contribution in [0.1, 0.15) is 45.1 Å². The molecule has 186 valence electrons. The van der Waals surface area contributed by atoms with Crippen molar-refractivity contribution in [1.29, 1.82) is 0 Å². The van der Waals surface area contributed by atoms with E-state index in [0.29, 0.717) is 32.8 Å². The Labute approximate surface area is 216 Å². The van der Waals surface area contributed by atoms with Crippen LogP contribution in [0.2, 0.25) is 5.02 Å². The molecule has 9 heteroatoms. The molecule has 1 amide bonds. The van der Waals surface area contributed by atoms with Gasteiger partial charge in [-0.1, -0.05) is 29.8 Å². The van der Waals surface area contributed by atoms with Crippen molar-refractivity contribution in [2.75, 3.05) is 6.61 Å². The van der Waals surface area contributed by atoms with Gasteiger partial charge < -0.3 is 19.2 Å². The second kappa shape index (κ2) is 9.91. The number of hydrogen-bond donors (Lipinski definition) is 1. The minimum atomic E-state index is -0.956. The summed E-state index contributed by atoms with van der Waals surface area (Å²) in [6.07, 6.45) is 1.55. The fraction of sp³-hybridized carbons (Fsp3) is 0.143. The van der Waals surface area contributed by atoms with Crippen LogP contribution >= 0.6 is 11.6 Å². The van der Waals surface area contributed by atoms with Gasteiger partial charge in [0.05, 0.1) is 23.4 Å². The lowest BCUT2D eigenvalue weighted by Gasteiger charge is -2.26. The van der Waals surface area contributed by atoms with Gasteiger partial charge in [-0.25, -0.2) is 4.79 Å². The summed E-state index contributed by atoms with van der Waals surface area (Å²) in [7, 11) is 0. The van der Waals surface area contributed by atoms with Gasteiger partial charge in [-0.15, -0.1) is 0 Å². The maximum Gasteiger partial charge on any atom is 0.338 e.